The number of benzene rings is 1. The molecule has 2 aliphatic heterocycles. The van der Waals surface area contributed by atoms with Gasteiger partial charge in [0.15, 0.2) is 11.6 Å². The number of sulfonamides is 1. The second kappa shape index (κ2) is 5.98. The van der Waals surface area contributed by atoms with E-state index in [1.165, 1.54) is 23.5 Å². The minimum Gasteiger partial charge on any atom is -0.494 e. The van der Waals surface area contributed by atoms with Crippen molar-refractivity contribution in [3.8, 4) is 5.75 Å². The van der Waals surface area contributed by atoms with E-state index in [1.807, 2.05) is 0 Å². The summed E-state index contributed by atoms with van der Waals surface area (Å²) < 4.78 is 45.2. The van der Waals surface area contributed by atoms with Gasteiger partial charge in [0, 0.05) is 38.3 Å². The molecule has 1 aromatic rings. The Kier molecular flexibility index (Phi) is 4.20. The van der Waals surface area contributed by atoms with Crippen molar-refractivity contribution >= 4 is 10.0 Å². The number of hydrogen-bond donors (Lipinski definition) is 0. The predicted octanol–water partition coefficient (Wildman–Crippen LogP) is 1.47. The highest BCUT2D eigenvalue weighted by molar-refractivity contribution is 7.89. The van der Waals surface area contributed by atoms with Crippen molar-refractivity contribution in [2.45, 2.75) is 17.4 Å². The van der Waals surface area contributed by atoms with Gasteiger partial charge in [-0.05, 0) is 18.6 Å². The summed E-state index contributed by atoms with van der Waals surface area (Å²) in [6, 6.07) is 3.91. The van der Waals surface area contributed by atoms with Crippen molar-refractivity contribution in [2.24, 2.45) is 0 Å². The lowest BCUT2D eigenvalue weighted by Gasteiger charge is -2.23. The van der Waals surface area contributed by atoms with Crippen LogP contribution in [0.25, 0.3) is 0 Å². The summed E-state index contributed by atoms with van der Waals surface area (Å²) in [5, 5.41) is 0. The van der Waals surface area contributed by atoms with Gasteiger partial charge in [-0.25, -0.2) is 12.8 Å². The first kappa shape index (κ1) is 15.5. The van der Waals surface area contributed by atoms with Crippen LogP contribution in [0.5, 0.6) is 5.75 Å². The van der Waals surface area contributed by atoms with Gasteiger partial charge in [-0.2, -0.15) is 4.31 Å². The van der Waals surface area contributed by atoms with Crippen LogP contribution < -0.4 is 4.74 Å². The Labute approximate surface area is 130 Å². The van der Waals surface area contributed by atoms with Crippen molar-refractivity contribution in [1.29, 1.82) is 0 Å². The van der Waals surface area contributed by atoms with Crippen LogP contribution in [0.15, 0.2) is 35.2 Å². The fourth-order valence-electron chi connectivity index (χ4n) is 2.97. The monoisotopic (exact) mass is 326 g/mol. The second-order valence-corrected chi connectivity index (χ2v) is 7.47. The van der Waals surface area contributed by atoms with E-state index in [0.29, 0.717) is 13.1 Å². The van der Waals surface area contributed by atoms with Gasteiger partial charge in [0.2, 0.25) is 10.0 Å². The smallest absolute Gasteiger partial charge is 0.243 e. The topological polar surface area (TPSA) is 49.9 Å². The Morgan fingerprint density at radius 3 is 2.68 bits per heavy atom. The van der Waals surface area contributed by atoms with Gasteiger partial charge < -0.3 is 4.74 Å². The Balaban J connectivity index is 1.78. The van der Waals surface area contributed by atoms with Crippen molar-refractivity contribution in [3.63, 3.8) is 0 Å². The van der Waals surface area contributed by atoms with Gasteiger partial charge >= 0.3 is 0 Å². The Bertz CT molecular complexity index is 682. The fraction of sp³-hybridized carbons (Fsp3) is 0.467. The van der Waals surface area contributed by atoms with Gasteiger partial charge in [0.25, 0.3) is 0 Å². The number of halogens is 1. The van der Waals surface area contributed by atoms with Gasteiger partial charge in [0.1, 0.15) is 0 Å². The molecule has 1 fully saturated rings. The van der Waals surface area contributed by atoms with E-state index in [2.05, 4.69) is 17.1 Å². The summed E-state index contributed by atoms with van der Waals surface area (Å²) in [6.45, 7) is 2.72. The quantitative estimate of drug-likeness (QED) is 0.786. The van der Waals surface area contributed by atoms with Crippen LogP contribution in [0, 0.1) is 5.82 Å². The molecule has 120 valence electrons. The highest BCUT2D eigenvalue weighted by atomic mass is 32.2. The molecule has 7 heteroatoms. The van der Waals surface area contributed by atoms with Crippen LogP contribution in [0.4, 0.5) is 4.39 Å². The van der Waals surface area contributed by atoms with Crippen LogP contribution in [0.1, 0.15) is 6.42 Å². The predicted molar refractivity (Wildman–Crippen MR) is 80.8 cm³/mol. The van der Waals surface area contributed by atoms with Crippen LogP contribution in [-0.2, 0) is 10.0 Å². The van der Waals surface area contributed by atoms with E-state index >= 15 is 0 Å². The van der Waals surface area contributed by atoms with Gasteiger partial charge in [-0.15, -0.1) is 0 Å². The Morgan fingerprint density at radius 1 is 1.27 bits per heavy atom. The average molecular weight is 326 g/mol. The van der Waals surface area contributed by atoms with E-state index in [9.17, 15) is 12.8 Å². The normalized spacial score (nSPS) is 23.3. The van der Waals surface area contributed by atoms with Crippen molar-refractivity contribution in [3.05, 3.63) is 36.2 Å². The molecule has 2 aliphatic rings. The molecule has 3 rings (SSSR count). The van der Waals surface area contributed by atoms with Crippen LogP contribution in [0.2, 0.25) is 0 Å². The molecule has 0 bridgehead atoms. The Hall–Kier alpha value is -1.44. The van der Waals surface area contributed by atoms with Crippen molar-refractivity contribution < 1.29 is 17.5 Å². The lowest BCUT2D eigenvalue weighted by molar-refractivity contribution is 0.261. The molecule has 0 spiro atoms. The maximum atomic E-state index is 13.5. The third-order valence-corrected chi connectivity index (χ3v) is 6.11. The third-order valence-electron chi connectivity index (χ3n) is 4.25. The zero-order chi connectivity index (χ0) is 15.7. The highest BCUT2D eigenvalue weighted by Gasteiger charge is 2.35. The summed E-state index contributed by atoms with van der Waals surface area (Å²) in [5.74, 6) is -0.621. The lowest BCUT2D eigenvalue weighted by Crippen LogP contribution is -2.37. The molecular formula is C15H19FN2O3S. The van der Waals surface area contributed by atoms with Crippen molar-refractivity contribution in [1.82, 2.24) is 9.21 Å². The molecule has 0 aromatic heterocycles. The molecule has 0 amide bonds. The summed E-state index contributed by atoms with van der Waals surface area (Å²) in [7, 11) is -2.29. The summed E-state index contributed by atoms with van der Waals surface area (Å²) in [5.41, 5.74) is 0. The zero-order valence-corrected chi connectivity index (χ0v) is 13.2. The molecule has 1 unspecified atom stereocenters. The molecular weight excluding hydrogens is 307 g/mol. The van der Waals surface area contributed by atoms with Crippen LogP contribution >= 0.6 is 0 Å². The van der Waals surface area contributed by atoms with Crippen molar-refractivity contribution in [2.75, 3.05) is 33.3 Å². The molecule has 2 heterocycles. The number of nitrogens with zero attached hydrogens (tertiary/aromatic N) is 2. The van der Waals surface area contributed by atoms with E-state index in [-0.39, 0.29) is 16.7 Å². The standard InChI is InChI=1S/C15H19FN2O3S/c1-21-15-10-13(4-5-14(15)16)22(19,20)18-9-6-12(11-18)17-7-2-3-8-17/h2-5,10,12H,6-9,11H2,1H3. The van der Waals surface area contributed by atoms with E-state index in [1.54, 1.807) is 0 Å². The largest absolute Gasteiger partial charge is 0.494 e. The summed E-state index contributed by atoms with van der Waals surface area (Å²) >= 11 is 0. The van der Waals surface area contributed by atoms with Crippen LogP contribution in [0.3, 0.4) is 0 Å². The molecule has 1 saturated heterocycles. The molecule has 0 N–H and O–H groups in total. The van der Waals surface area contributed by atoms with Gasteiger partial charge in [0.05, 0.1) is 12.0 Å². The van der Waals surface area contributed by atoms with E-state index in [0.717, 1.165) is 25.6 Å². The second-order valence-electron chi connectivity index (χ2n) is 5.53. The maximum Gasteiger partial charge on any atom is 0.243 e. The lowest BCUT2D eigenvalue weighted by atomic mass is 10.2. The minimum absolute atomic E-state index is 0.0550. The van der Waals surface area contributed by atoms with Crippen LogP contribution in [-0.4, -0.2) is 57.0 Å². The molecule has 0 saturated carbocycles. The maximum absolute atomic E-state index is 13.5. The number of rotatable bonds is 4. The highest BCUT2D eigenvalue weighted by Crippen LogP contribution is 2.27. The molecule has 0 aliphatic carbocycles. The summed E-state index contributed by atoms with van der Waals surface area (Å²) in [4.78, 5) is 2.34. The first-order chi connectivity index (χ1) is 10.5. The molecule has 5 nitrogen and oxygen atoms in total. The number of hydrogen-bond acceptors (Lipinski definition) is 4. The average Bonchev–Trinajstić information content (AvgIpc) is 3.18. The molecule has 1 aromatic carbocycles. The fourth-order valence-corrected chi connectivity index (χ4v) is 4.48. The number of methoxy groups -OCH3 is 1. The van der Waals surface area contributed by atoms with E-state index in [4.69, 9.17) is 4.74 Å². The Morgan fingerprint density at radius 2 is 2.00 bits per heavy atom. The van der Waals surface area contributed by atoms with Gasteiger partial charge in [-0.3, -0.25) is 4.90 Å². The minimum atomic E-state index is -3.61. The first-order valence-corrected chi connectivity index (χ1v) is 8.69. The summed E-state index contributed by atoms with van der Waals surface area (Å²) in [6.07, 6.45) is 5.02. The third kappa shape index (κ3) is 2.76. The van der Waals surface area contributed by atoms with E-state index < -0.39 is 15.8 Å². The molecule has 22 heavy (non-hydrogen) atoms. The molecule has 1 atom stereocenters. The number of ether oxygens (including phenoxy) is 1. The zero-order valence-electron chi connectivity index (χ0n) is 12.4. The molecule has 0 radical (unpaired) electrons. The SMILES string of the molecule is COc1cc(S(=O)(=O)N2CCC(N3CC=CC3)C2)ccc1F. The van der Waals surface area contributed by atoms with Gasteiger partial charge in [-0.1, -0.05) is 12.2 Å². The first-order valence-electron chi connectivity index (χ1n) is 7.25.